The van der Waals surface area contributed by atoms with Crippen molar-refractivity contribution in [2.24, 2.45) is 0 Å². The highest BCUT2D eigenvalue weighted by atomic mass is 127. The van der Waals surface area contributed by atoms with Gasteiger partial charge in [-0.1, -0.05) is 46.4 Å². The number of hydrogen-bond acceptors (Lipinski definition) is 2. The molecule has 0 aliphatic carbocycles. The molecule has 0 unspecified atom stereocenters. The van der Waals surface area contributed by atoms with E-state index in [1.807, 2.05) is 0 Å². The Morgan fingerprint density at radius 3 is 2.76 bits per heavy atom. The molecule has 0 spiro atoms. The van der Waals surface area contributed by atoms with Crippen molar-refractivity contribution in [1.29, 1.82) is 0 Å². The Bertz CT molecular complexity index is 440. The predicted octanol–water partition coefficient (Wildman–Crippen LogP) is 3.53. The summed E-state index contributed by atoms with van der Waals surface area (Å²) in [4.78, 5) is 11.5. The molecule has 0 N–H and O–H groups in total. The van der Waals surface area contributed by atoms with Crippen molar-refractivity contribution in [1.82, 2.24) is 0 Å². The van der Waals surface area contributed by atoms with Crippen LogP contribution in [0.4, 0.5) is 0 Å². The Labute approximate surface area is 116 Å². The first-order valence-electron chi connectivity index (χ1n) is 5.89. The maximum atomic E-state index is 11.5. The molecule has 0 amide bonds. The molecular formula is C14H17IO2. The normalized spacial score (nSPS) is 25.8. The smallest absolute Gasteiger partial charge is 0.306 e. The second kappa shape index (κ2) is 4.96. The van der Waals surface area contributed by atoms with Crippen LogP contribution >= 0.6 is 22.6 Å². The molecule has 0 aromatic heterocycles. The number of halogens is 1. The van der Waals surface area contributed by atoms with Gasteiger partial charge in [0.2, 0.25) is 0 Å². The second-order valence-corrected chi connectivity index (χ2v) is 6.77. The number of carbonyl (C=O) groups excluding carboxylic acids is 1. The highest BCUT2D eigenvalue weighted by Gasteiger charge is 2.38. The molecule has 92 valence electrons. The largest absolute Gasteiger partial charge is 0.461 e. The summed E-state index contributed by atoms with van der Waals surface area (Å²) < 4.78 is 5.78. The fraction of sp³-hybridized carbons (Fsp3) is 0.500. The number of benzene rings is 1. The van der Waals surface area contributed by atoms with Gasteiger partial charge in [0.25, 0.3) is 0 Å². The fourth-order valence-corrected chi connectivity index (χ4v) is 3.09. The third-order valence-electron chi connectivity index (χ3n) is 3.34. The highest BCUT2D eigenvalue weighted by Crippen LogP contribution is 2.37. The van der Waals surface area contributed by atoms with E-state index >= 15 is 0 Å². The van der Waals surface area contributed by atoms with Gasteiger partial charge in [-0.15, -0.1) is 0 Å². The van der Waals surface area contributed by atoms with Crippen LogP contribution in [0.2, 0.25) is 0 Å². The highest BCUT2D eigenvalue weighted by molar-refractivity contribution is 14.1. The summed E-state index contributed by atoms with van der Waals surface area (Å²) in [7, 11) is 0. The molecule has 0 saturated carbocycles. The Hall–Kier alpha value is -0.580. The standard InChI is InChI=1S/C14H17IO2/c1-8-4-5-9(2)11(6-8)12-7-13(16)17-14(12)10(3)15/h4-6,10,12,14H,7H2,1-3H3/t10-,12-,14-/m0/s1. The van der Waals surface area contributed by atoms with E-state index in [9.17, 15) is 4.79 Å². The minimum absolute atomic E-state index is 0.0172. The third kappa shape index (κ3) is 2.64. The Balaban J connectivity index is 2.37. The Morgan fingerprint density at radius 2 is 2.12 bits per heavy atom. The zero-order chi connectivity index (χ0) is 12.6. The van der Waals surface area contributed by atoms with Crippen LogP contribution in [0.1, 0.15) is 36.0 Å². The van der Waals surface area contributed by atoms with Crippen LogP contribution in [0.25, 0.3) is 0 Å². The molecule has 3 atom stereocenters. The molecule has 2 rings (SSSR count). The maximum Gasteiger partial charge on any atom is 0.306 e. The predicted molar refractivity (Wildman–Crippen MR) is 76.6 cm³/mol. The summed E-state index contributed by atoms with van der Waals surface area (Å²) in [6, 6.07) is 6.43. The molecule has 1 aliphatic heterocycles. The summed E-state index contributed by atoms with van der Waals surface area (Å²) in [5.41, 5.74) is 3.76. The molecule has 1 aromatic rings. The molecule has 0 radical (unpaired) electrons. The van der Waals surface area contributed by atoms with E-state index < -0.39 is 0 Å². The fourth-order valence-electron chi connectivity index (χ4n) is 2.44. The number of hydrogen-bond donors (Lipinski definition) is 0. The lowest BCUT2D eigenvalue weighted by atomic mass is 9.87. The molecule has 1 aromatic carbocycles. The van der Waals surface area contributed by atoms with Gasteiger partial charge in [-0.25, -0.2) is 0 Å². The Morgan fingerprint density at radius 1 is 1.41 bits per heavy atom. The van der Waals surface area contributed by atoms with Gasteiger partial charge >= 0.3 is 5.97 Å². The minimum atomic E-state index is -0.0653. The van der Waals surface area contributed by atoms with E-state index in [-0.39, 0.29) is 18.0 Å². The maximum absolute atomic E-state index is 11.5. The third-order valence-corrected chi connectivity index (χ3v) is 4.05. The van der Waals surface area contributed by atoms with E-state index in [1.165, 1.54) is 16.7 Å². The first kappa shape index (κ1) is 12.9. The van der Waals surface area contributed by atoms with Crippen LogP contribution in [0.5, 0.6) is 0 Å². The van der Waals surface area contributed by atoms with Crippen molar-refractivity contribution < 1.29 is 9.53 Å². The van der Waals surface area contributed by atoms with Gasteiger partial charge < -0.3 is 4.74 Å². The van der Waals surface area contributed by atoms with Crippen molar-refractivity contribution >= 4 is 28.6 Å². The first-order chi connectivity index (χ1) is 7.99. The van der Waals surface area contributed by atoms with Crippen molar-refractivity contribution in [2.45, 2.75) is 43.1 Å². The number of cyclic esters (lactones) is 1. The number of carbonyl (C=O) groups is 1. The molecule has 1 saturated heterocycles. The minimum Gasteiger partial charge on any atom is -0.461 e. The average Bonchev–Trinajstić information content (AvgIpc) is 2.64. The van der Waals surface area contributed by atoms with E-state index in [2.05, 4.69) is 61.6 Å². The van der Waals surface area contributed by atoms with Gasteiger partial charge in [0, 0.05) is 9.84 Å². The molecule has 17 heavy (non-hydrogen) atoms. The van der Waals surface area contributed by atoms with Gasteiger partial charge in [-0.2, -0.15) is 0 Å². The lowest BCUT2D eigenvalue weighted by molar-refractivity contribution is -0.141. The summed E-state index contributed by atoms with van der Waals surface area (Å²) >= 11 is 2.34. The zero-order valence-corrected chi connectivity index (χ0v) is 12.5. The van der Waals surface area contributed by atoms with E-state index in [4.69, 9.17) is 4.74 Å². The molecule has 1 aliphatic rings. The van der Waals surface area contributed by atoms with E-state index in [0.717, 1.165) is 0 Å². The van der Waals surface area contributed by atoms with E-state index in [0.29, 0.717) is 10.3 Å². The molecule has 3 heteroatoms. The topological polar surface area (TPSA) is 26.3 Å². The van der Waals surface area contributed by atoms with Gasteiger partial charge in [-0.05, 0) is 31.9 Å². The SMILES string of the molecule is Cc1ccc(C)c([C@@H]2CC(=O)O[C@H]2[C@H](C)I)c1. The molecule has 0 bridgehead atoms. The lowest BCUT2D eigenvalue weighted by Gasteiger charge is -2.22. The number of esters is 1. The van der Waals surface area contributed by atoms with Crippen LogP contribution in [0, 0.1) is 13.8 Å². The van der Waals surface area contributed by atoms with Crippen LogP contribution in [0.3, 0.4) is 0 Å². The van der Waals surface area contributed by atoms with Crippen molar-refractivity contribution in [3.8, 4) is 0 Å². The second-order valence-electron chi connectivity index (χ2n) is 4.80. The van der Waals surface area contributed by atoms with Gasteiger partial charge in [0.1, 0.15) is 6.10 Å². The number of alkyl halides is 1. The molecule has 2 nitrogen and oxygen atoms in total. The molecular weight excluding hydrogens is 327 g/mol. The Kier molecular flexibility index (Phi) is 3.76. The number of ether oxygens (including phenoxy) is 1. The van der Waals surface area contributed by atoms with E-state index in [1.54, 1.807) is 0 Å². The summed E-state index contributed by atoms with van der Waals surface area (Å²) in [5, 5.41) is 0. The number of rotatable bonds is 2. The quantitative estimate of drug-likeness (QED) is 0.466. The zero-order valence-electron chi connectivity index (χ0n) is 10.4. The summed E-state index contributed by atoms with van der Waals surface area (Å²) in [5.74, 6) is 0.152. The van der Waals surface area contributed by atoms with Crippen LogP contribution in [-0.2, 0) is 9.53 Å². The van der Waals surface area contributed by atoms with Crippen molar-refractivity contribution in [3.05, 3.63) is 34.9 Å². The van der Waals surface area contributed by atoms with Gasteiger partial charge in [0.15, 0.2) is 0 Å². The van der Waals surface area contributed by atoms with Gasteiger partial charge in [0.05, 0.1) is 6.42 Å². The number of aryl methyl sites for hydroxylation is 2. The average molecular weight is 344 g/mol. The first-order valence-corrected chi connectivity index (χ1v) is 7.14. The monoisotopic (exact) mass is 344 g/mol. The van der Waals surface area contributed by atoms with Crippen LogP contribution in [-0.4, -0.2) is 16.0 Å². The lowest BCUT2D eigenvalue weighted by Crippen LogP contribution is -2.23. The molecule has 1 heterocycles. The van der Waals surface area contributed by atoms with Crippen LogP contribution in [0.15, 0.2) is 18.2 Å². The summed E-state index contributed by atoms with van der Waals surface area (Å²) in [6.07, 6.45) is 0.533. The summed E-state index contributed by atoms with van der Waals surface area (Å²) in [6.45, 7) is 6.29. The van der Waals surface area contributed by atoms with Crippen molar-refractivity contribution in [3.63, 3.8) is 0 Å². The van der Waals surface area contributed by atoms with Crippen molar-refractivity contribution in [2.75, 3.05) is 0 Å². The van der Waals surface area contributed by atoms with Gasteiger partial charge in [-0.3, -0.25) is 4.79 Å². The molecule has 1 fully saturated rings. The van der Waals surface area contributed by atoms with Crippen LogP contribution < -0.4 is 0 Å².